The van der Waals surface area contributed by atoms with E-state index in [1.165, 1.54) is 19.3 Å². The molecule has 0 unspecified atom stereocenters. The number of aryl methyl sites for hydroxylation is 1. The van der Waals surface area contributed by atoms with Gasteiger partial charge in [0.05, 0.1) is 5.56 Å². The lowest BCUT2D eigenvalue weighted by molar-refractivity contribution is 0.0943. The van der Waals surface area contributed by atoms with Gasteiger partial charge in [-0.3, -0.25) is 4.79 Å². The number of benzene rings is 1. The number of thioether (sulfide) groups is 1. The molecule has 1 aromatic rings. The predicted molar refractivity (Wildman–Crippen MR) is 81.3 cm³/mol. The second kappa shape index (κ2) is 5.66. The van der Waals surface area contributed by atoms with Gasteiger partial charge in [0, 0.05) is 15.8 Å². The van der Waals surface area contributed by atoms with Gasteiger partial charge >= 0.3 is 0 Å². The molecule has 2 nitrogen and oxygen atoms in total. The Labute approximate surface area is 121 Å². The van der Waals surface area contributed by atoms with E-state index in [0.717, 1.165) is 22.1 Å². The third-order valence-corrected chi connectivity index (χ3v) is 6.18. The number of carbonyl (C=O) groups excluding carboxylic acids is 1. The third kappa shape index (κ3) is 2.75. The molecule has 1 aliphatic rings. The topological polar surface area (TPSA) is 29.1 Å². The van der Waals surface area contributed by atoms with Crippen LogP contribution in [-0.2, 0) is 0 Å². The smallest absolute Gasteiger partial charge is 0.252 e. The summed E-state index contributed by atoms with van der Waals surface area (Å²) in [5, 5.41) is 3.07. The van der Waals surface area contributed by atoms with Gasteiger partial charge in [-0.2, -0.15) is 11.8 Å². The van der Waals surface area contributed by atoms with Gasteiger partial charge in [0.1, 0.15) is 0 Å². The highest BCUT2D eigenvalue weighted by atomic mass is 79.9. The summed E-state index contributed by atoms with van der Waals surface area (Å²) in [6.45, 7) is 2.77. The standard InChI is InChI=1S/C14H18BrNOS/c1-10-5-3-6-11(12(10)15)13(17)16-9-14(18-2)7-4-8-14/h3,5-6H,4,7-9H2,1-2H3,(H,16,17). The van der Waals surface area contributed by atoms with Crippen LogP contribution in [-0.4, -0.2) is 23.5 Å². The number of hydrogen-bond acceptors (Lipinski definition) is 2. The Bertz CT molecular complexity index is 452. The van der Waals surface area contributed by atoms with E-state index in [1.807, 2.05) is 36.9 Å². The molecule has 18 heavy (non-hydrogen) atoms. The highest BCUT2D eigenvalue weighted by Crippen LogP contribution is 2.42. The molecule has 0 radical (unpaired) electrons. The molecule has 0 aromatic heterocycles. The van der Waals surface area contributed by atoms with Gasteiger partial charge < -0.3 is 5.32 Å². The van der Waals surface area contributed by atoms with Gasteiger partial charge in [0.2, 0.25) is 0 Å². The monoisotopic (exact) mass is 327 g/mol. The van der Waals surface area contributed by atoms with Crippen molar-refractivity contribution in [3.63, 3.8) is 0 Å². The second-order valence-corrected chi connectivity index (χ2v) is 6.93. The van der Waals surface area contributed by atoms with Crippen molar-refractivity contribution < 1.29 is 4.79 Å². The van der Waals surface area contributed by atoms with Crippen LogP contribution in [0.15, 0.2) is 22.7 Å². The molecule has 1 amide bonds. The Balaban J connectivity index is 2.02. The molecule has 0 aliphatic heterocycles. The molecular weight excluding hydrogens is 310 g/mol. The average molecular weight is 328 g/mol. The fraction of sp³-hybridized carbons (Fsp3) is 0.500. The molecule has 0 atom stereocenters. The van der Waals surface area contributed by atoms with Gasteiger partial charge in [0.25, 0.3) is 5.91 Å². The lowest BCUT2D eigenvalue weighted by Crippen LogP contribution is -2.45. The zero-order valence-corrected chi connectivity index (χ0v) is 13.2. The second-order valence-electron chi connectivity index (χ2n) is 4.86. The lowest BCUT2D eigenvalue weighted by atomic mass is 9.84. The first kappa shape index (κ1) is 13.9. The molecule has 98 valence electrons. The van der Waals surface area contributed by atoms with Gasteiger partial charge in [-0.25, -0.2) is 0 Å². The molecule has 0 heterocycles. The minimum absolute atomic E-state index is 0.0194. The zero-order chi connectivity index (χ0) is 13.2. The summed E-state index contributed by atoms with van der Waals surface area (Å²) in [6.07, 6.45) is 5.84. The summed E-state index contributed by atoms with van der Waals surface area (Å²) in [7, 11) is 0. The molecule has 1 aliphatic carbocycles. The number of halogens is 1. The molecular formula is C14H18BrNOS. The molecule has 0 saturated heterocycles. The van der Waals surface area contributed by atoms with Gasteiger partial charge in [-0.05, 0) is 53.6 Å². The Kier molecular flexibility index (Phi) is 4.38. The van der Waals surface area contributed by atoms with Crippen molar-refractivity contribution in [3.8, 4) is 0 Å². The van der Waals surface area contributed by atoms with Crippen LogP contribution in [0.5, 0.6) is 0 Å². The summed E-state index contributed by atoms with van der Waals surface area (Å²) >= 11 is 5.36. The minimum atomic E-state index is 0.0194. The van der Waals surface area contributed by atoms with Crippen molar-refractivity contribution in [3.05, 3.63) is 33.8 Å². The number of rotatable bonds is 4. The van der Waals surface area contributed by atoms with Crippen molar-refractivity contribution in [2.24, 2.45) is 0 Å². The van der Waals surface area contributed by atoms with Crippen LogP contribution in [0, 0.1) is 6.92 Å². The molecule has 1 saturated carbocycles. The molecule has 0 spiro atoms. The summed E-state index contributed by atoms with van der Waals surface area (Å²) in [6, 6.07) is 5.78. The van der Waals surface area contributed by atoms with E-state index in [4.69, 9.17) is 0 Å². The van der Waals surface area contributed by atoms with E-state index < -0.39 is 0 Å². The van der Waals surface area contributed by atoms with Crippen molar-refractivity contribution in [2.45, 2.75) is 30.9 Å². The maximum Gasteiger partial charge on any atom is 0.252 e. The number of carbonyl (C=O) groups is 1. The zero-order valence-electron chi connectivity index (χ0n) is 10.8. The molecule has 4 heteroatoms. The fourth-order valence-corrected chi connectivity index (χ4v) is 3.54. The van der Waals surface area contributed by atoms with E-state index in [9.17, 15) is 4.79 Å². The molecule has 1 aromatic carbocycles. The van der Waals surface area contributed by atoms with Gasteiger partial charge in [-0.15, -0.1) is 0 Å². The maximum atomic E-state index is 12.2. The van der Waals surface area contributed by atoms with Crippen LogP contribution >= 0.6 is 27.7 Å². The van der Waals surface area contributed by atoms with E-state index in [1.54, 1.807) is 0 Å². The number of nitrogens with one attached hydrogen (secondary N) is 1. The largest absolute Gasteiger partial charge is 0.351 e. The highest BCUT2D eigenvalue weighted by Gasteiger charge is 2.36. The van der Waals surface area contributed by atoms with Crippen LogP contribution in [0.25, 0.3) is 0 Å². The van der Waals surface area contributed by atoms with Crippen molar-refractivity contribution in [2.75, 3.05) is 12.8 Å². The molecule has 0 bridgehead atoms. The lowest BCUT2D eigenvalue weighted by Gasteiger charge is -2.40. The van der Waals surface area contributed by atoms with Crippen molar-refractivity contribution in [1.82, 2.24) is 5.32 Å². The number of hydrogen-bond donors (Lipinski definition) is 1. The fourth-order valence-electron chi connectivity index (χ4n) is 2.18. The molecule has 1 N–H and O–H groups in total. The summed E-state index contributed by atoms with van der Waals surface area (Å²) < 4.78 is 1.18. The van der Waals surface area contributed by atoms with Crippen LogP contribution in [0.3, 0.4) is 0 Å². The number of amides is 1. The summed E-state index contributed by atoms with van der Waals surface area (Å²) in [4.78, 5) is 12.2. The van der Waals surface area contributed by atoms with E-state index in [0.29, 0.717) is 0 Å². The molecule has 1 fully saturated rings. The normalized spacial score (nSPS) is 17.1. The Morgan fingerprint density at radius 1 is 1.50 bits per heavy atom. The first-order valence-corrected chi connectivity index (χ1v) is 8.18. The minimum Gasteiger partial charge on any atom is -0.351 e. The highest BCUT2D eigenvalue weighted by molar-refractivity contribution is 9.10. The summed E-state index contributed by atoms with van der Waals surface area (Å²) in [5.41, 5.74) is 1.82. The van der Waals surface area contributed by atoms with Crippen LogP contribution in [0.1, 0.15) is 35.2 Å². The van der Waals surface area contributed by atoms with E-state index in [-0.39, 0.29) is 10.7 Å². The predicted octanol–water partition coefficient (Wildman–Crippen LogP) is 3.77. The molecule has 2 rings (SSSR count). The van der Waals surface area contributed by atoms with Gasteiger partial charge in [0.15, 0.2) is 0 Å². The first-order chi connectivity index (χ1) is 8.58. The Hall–Kier alpha value is -0.480. The van der Waals surface area contributed by atoms with Crippen LogP contribution in [0.4, 0.5) is 0 Å². The average Bonchev–Trinajstić information content (AvgIpc) is 2.31. The Morgan fingerprint density at radius 2 is 2.22 bits per heavy atom. The SMILES string of the molecule is CSC1(CNC(=O)c2cccc(C)c2Br)CCC1. The Morgan fingerprint density at radius 3 is 2.78 bits per heavy atom. The van der Waals surface area contributed by atoms with Crippen molar-refractivity contribution >= 4 is 33.6 Å². The maximum absolute atomic E-state index is 12.2. The van der Waals surface area contributed by atoms with Crippen LogP contribution in [0.2, 0.25) is 0 Å². The summed E-state index contributed by atoms with van der Waals surface area (Å²) in [5.74, 6) is 0.0194. The van der Waals surface area contributed by atoms with E-state index in [2.05, 4.69) is 27.5 Å². The van der Waals surface area contributed by atoms with Crippen LogP contribution < -0.4 is 5.32 Å². The van der Waals surface area contributed by atoms with Crippen molar-refractivity contribution in [1.29, 1.82) is 0 Å². The quantitative estimate of drug-likeness (QED) is 0.911. The first-order valence-electron chi connectivity index (χ1n) is 6.16. The van der Waals surface area contributed by atoms with E-state index >= 15 is 0 Å². The third-order valence-electron chi connectivity index (χ3n) is 3.71. The van der Waals surface area contributed by atoms with Gasteiger partial charge in [-0.1, -0.05) is 18.6 Å².